The molecule has 36 heavy (non-hydrogen) atoms. The number of benzene rings is 3. The lowest BCUT2D eigenvalue weighted by Crippen LogP contribution is -2.31. The van der Waals surface area contributed by atoms with Crippen molar-refractivity contribution in [3.8, 4) is 0 Å². The maximum absolute atomic E-state index is 12.8. The molecule has 0 aliphatic carbocycles. The van der Waals surface area contributed by atoms with Gasteiger partial charge in [0, 0.05) is 24.8 Å². The number of rotatable bonds is 8. The quantitative estimate of drug-likeness (QED) is 0.374. The van der Waals surface area contributed by atoms with Gasteiger partial charge in [0.05, 0.1) is 16.7 Å². The van der Waals surface area contributed by atoms with E-state index < -0.39 is 30.3 Å². The largest absolute Gasteiger partial charge is 0.452 e. The molecule has 1 aliphatic heterocycles. The minimum absolute atomic E-state index is 0.0502. The molecule has 1 aliphatic rings. The zero-order chi connectivity index (χ0) is 25.7. The fourth-order valence-corrected chi connectivity index (χ4v) is 3.80. The van der Waals surface area contributed by atoms with Gasteiger partial charge in [-0.05, 0) is 48.4 Å². The van der Waals surface area contributed by atoms with Crippen LogP contribution in [0.15, 0.2) is 72.8 Å². The van der Waals surface area contributed by atoms with E-state index >= 15 is 0 Å². The minimum atomic E-state index is -0.810. The van der Waals surface area contributed by atoms with Crippen LogP contribution in [0.1, 0.15) is 47.0 Å². The lowest BCUT2D eigenvalue weighted by atomic mass is 10.1. The van der Waals surface area contributed by atoms with Crippen molar-refractivity contribution in [1.82, 2.24) is 10.2 Å². The van der Waals surface area contributed by atoms with Gasteiger partial charge in [-0.2, -0.15) is 0 Å². The summed E-state index contributed by atoms with van der Waals surface area (Å²) in [5.74, 6) is -2.61. The Hall–Kier alpha value is -4.79. The van der Waals surface area contributed by atoms with Gasteiger partial charge >= 0.3 is 5.97 Å². The van der Waals surface area contributed by atoms with E-state index in [2.05, 4.69) is 10.6 Å². The number of nitrogens with zero attached hydrogens (tertiary/aromatic N) is 1. The maximum Gasteiger partial charge on any atom is 0.338 e. The number of fused-ring (bicyclic) bond motifs is 1. The number of anilines is 1. The first-order chi connectivity index (χ1) is 17.4. The van der Waals surface area contributed by atoms with E-state index in [0.29, 0.717) is 17.7 Å². The minimum Gasteiger partial charge on any atom is -0.452 e. The molecular weight excluding hydrogens is 462 g/mol. The van der Waals surface area contributed by atoms with E-state index in [1.54, 1.807) is 18.2 Å². The maximum atomic E-state index is 12.8. The molecule has 0 bridgehead atoms. The van der Waals surface area contributed by atoms with E-state index in [1.165, 1.54) is 31.3 Å². The molecular formula is C27H23N3O6. The first-order valence-corrected chi connectivity index (χ1v) is 11.2. The Bertz CT molecular complexity index is 1350. The summed E-state index contributed by atoms with van der Waals surface area (Å²) in [5.41, 5.74) is 2.12. The SMILES string of the molecule is CNC(=O)c1cccc(NC(=O)COC(=O)c2ccc3c(c2)C(=O)N(CCc2ccccc2)C3=O)c1. The summed E-state index contributed by atoms with van der Waals surface area (Å²) >= 11 is 0. The Balaban J connectivity index is 1.36. The molecule has 0 aromatic heterocycles. The van der Waals surface area contributed by atoms with Crippen molar-refractivity contribution in [1.29, 1.82) is 0 Å². The second-order valence-corrected chi connectivity index (χ2v) is 8.04. The normalized spacial score (nSPS) is 12.2. The van der Waals surface area contributed by atoms with Crippen LogP contribution in [0.3, 0.4) is 0 Å². The Morgan fingerprint density at radius 2 is 1.58 bits per heavy atom. The Morgan fingerprint density at radius 1 is 0.833 bits per heavy atom. The van der Waals surface area contributed by atoms with Crippen LogP contribution in [0.25, 0.3) is 0 Å². The molecule has 0 fully saturated rings. The Labute approximate surface area is 207 Å². The van der Waals surface area contributed by atoms with Gasteiger partial charge in [-0.1, -0.05) is 36.4 Å². The summed E-state index contributed by atoms with van der Waals surface area (Å²) in [4.78, 5) is 63.1. The van der Waals surface area contributed by atoms with Gasteiger partial charge < -0.3 is 15.4 Å². The van der Waals surface area contributed by atoms with Crippen LogP contribution in [0.4, 0.5) is 5.69 Å². The van der Waals surface area contributed by atoms with Gasteiger partial charge in [0.15, 0.2) is 6.61 Å². The van der Waals surface area contributed by atoms with Crippen LogP contribution in [0.5, 0.6) is 0 Å². The smallest absolute Gasteiger partial charge is 0.338 e. The highest BCUT2D eigenvalue weighted by Gasteiger charge is 2.35. The van der Waals surface area contributed by atoms with Gasteiger partial charge in [-0.25, -0.2) is 4.79 Å². The summed E-state index contributed by atoms with van der Waals surface area (Å²) in [7, 11) is 1.50. The summed E-state index contributed by atoms with van der Waals surface area (Å²) in [6.07, 6.45) is 0.516. The third-order valence-corrected chi connectivity index (χ3v) is 5.64. The first kappa shape index (κ1) is 24.3. The van der Waals surface area contributed by atoms with E-state index in [-0.39, 0.29) is 29.1 Å². The molecule has 2 N–H and O–H groups in total. The van der Waals surface area contributed by atoms with Crippen LogP contribution >= 0.6 is 0 Å². The number of hydrogen-bond donors (Lipinski definition) is 2. The van der Waals surface area contributed by atoms with Crippen LogP contribution in [0, 0.1) is 0 Å². The molecule has 0 atom stereocenters. The molecule has 9 heteroatoms. The number of ether oxygens (including phenoxy) is 1. The highest BCUT2D eigenvalue weighted by molar-refractivity contribution is 6.22. The standard InChI is InChI=1S/C27H23N3O6/c1-28-24(32)18-8-5-9-20(14-18)29-23(31)16-36-27(35)19-10-11-21-22(15-19)26(34)30(25(21)33)13-12-17-6-3-2-4-7-17/h2-11,14-15H,12-13,16H2,1H3,(H,28,32)(H,29,31). The molecule has 9 nitrogen and oxygen atoms in total. The summed E-state index contributed by atoms with van der Waals surface area (Å²) < 4.78 is 5.07. The second-order valence-electron chi connectivity index (χ2n) is 8.04. The number of esters is 1. The lowest BCUT2D eigenvalue weighted by Gasteiger charge is -2.13. The van der Waals surface area contributed by atoms with Crippen molar-refractivity contribution in [2.45, 2.75) is 6.42 Å². The predicted octanol–water partition coefficient (Wildman–Crippen LogP) is 2.68. The average molecular weight is 485 g/mol. The summed E-state index contributed by atoms with van der Waals surface area (Å²) in [5, 5.41) is 5.05. The molecule has 0 radical (unpaired) electrons. The average Bonchev–Trinajstić information content (AvgIpc) is 3.14. The molecule has 182 valence electrons. The zero-order valence-corrected chi connectivity index (χ0v) is 19.4. The second kappa shape index (κ2) is 10.6. The van der Waals surface area contributed by atoms with Crippen molar-refractivity contribution in [3.05, 3.63) is 101 Å². The zero-order valence-electron chi connectivity index (χ0n) is 19.4. The molecule has 0 saturated carbocycles. The van der Waals surface area contributed by atoms with Gasteiger partial charge in [0.1, 0.15) is 0 Å². The molecule has 4 amide bonds. The molecule has 1 heterocycles. The fraction of sp³-hybridized carbons (Fsp3) is 0.148. The van der Waals surface area contributed by atoms with E-state index in [9.17, 15) is 24.0 Å². The van der Waals surface area contributed by atoms with Gasteiger partial charge in [-0.3, -0.25) is 24.1 Å². The van der Waals surface area contributed by atoms with Gasteiger partial charge in [0.25, 0.3) is 23.6 Å². The number of imide groups is 1. The lowest BCUT2D eigenvalue weighted by molar-refractivity contribution is -0.119. The number of carbonyl (C=O) groups is 5. The third-order valence-electron chi connectivity index (χ3n) is 5.64. The first-order valence-electron chi connectivity index (χ1n) is 11.2. The van der Waals surface area contributed by atoms with Crippen LogP contribution in [0.2, 0.25) is 0 Å². The monoisotopic (exact) mass is 485 g/mol. The number of carbonyl (C=O) groups excluding carboxylic acids is 5. The van der Waals surface area contributed by atoms with Crippen molar-refractivity contribution in [2.24, 2.45) is 0 Å². The van der Waals surface area contributed by atoms with Gasteiger partial charge in [0.2, 0.25) is 0 Å². The van der Waals surface area contributed by atoms with Crippen LogP contribution < -0.4 is 10.6 Å². The Morgan fingerprint density at radius 3 is 2.33 bits per heavy atom. The molecule has 4 rings (SSSR count). The van der Waals surface area contributed by atoms with Crippen molar-refractivity contribution in [2.75, 3.05) is 25.5 Å². The number of hydrogen-bond acceptors (Lipinski definition) is 6. The van der Waals surface area contributed by atoms with E-state index in [0.717, 1.165) is 10.5 Å². The number of nitrogens with one attached hydrogen (secondary N) is 2. The Kier molecular flexibility index (Phi) is 7.20. The van der Waals surface area contributed by atoms with E-state index in [4.69, 9.17) is 4.74 Å². The van der Waals surface area contributed by atoms with Crippen molar-refractivity contribution in [3.63, 3.8) is 0 Å². The highest BCUT2D eigenvalue weighted by Crippen LogP contribution is 2.25. The molecule has 3 aromatic rings. The molecule has 0 unspecified atom stereocenters. The summed E-state index contributed by atoms with van der Waals surface area (Å²) in [6.45, 7) is -0.354. The van der Waals surface area contributed by atoms with Crippen LogP contribution in [-0.4, -0.2) is 54.7 Å². The summed E-state index contributed by atoms with van der Waals surface area (Å²) in [6, 6.07) is 19.9. The van der Waals surface area contributed by atoms with Crippen molar-refractivity contribution < 1.29 is 28.7 Å². The third kappa shape index (κ3) is 5.30. The topological polar surface area (TPSA) is 122 Å². The van der Waals surface area contributed by atoms with Gasteiger partial charge in [-0.15, -0.1) is 0 Å². The molecule has 3 aromatic carbocycles. The fourth-order valence-electron chi connectivity index (χ4n) is 3.80. The van der Waals surface area contributed by atoms with Crippen LogP contribution in [-0.2, 0) is 16.0 Å². The highest BCUT2D eigenvalue weighted by atomic mass is 16.5. The molecule has 0 spiro atoms. The van der Waals surface area contributed by atoms with E-state index in [1.807, 2.05) is 30.3 Å². The number of amides is 4. The predicted molar refractivity (Wildman–Crippen MR) is 131 cm³/mol. The molecule has 0 saturated heterocycles. The van der Waals surface area contributed by atoms with Crippen molar-refractivity contribution >= 4 is 35.3 Å².